The SMILES string of the molecule is C#CC(C)(C)[N+](C)(C)CCO.[Cl-]. The fourth-order valence-electron chi connectivity index (χ4n) is 0.704. The number of nitrogens with zero attached hydrogens (tertiary/aromatic N) is 1. The van der Waals surface area contributed by atoms with Gasteiger partial charge in [0.15, 0.2) is 5.54 Å². The number of hydrogen-bond acceptors (Lipinski definition) is 1. The summed E-state index contributed by atoms with van der Waals surface area (Å²) >= 11 is 0. The molecule has 0 atom stereocenters. The van der Waals surface area contributed by atoms with Crippen LogP contribution in [0.25, 0.3) is 0 Å². The summed E-state index contributed by atoms with van der Waals surface area (Å²) in [7, 11) is 4.05. The van der Waals surface area contributed by atoms with Gasteiger partial charge in [-0.3, -0.25) is 0 Å². The molecule has 0 aromatic carbocycles. The summed E-state index contributed by atoms with van der Waals surface area (Å²) in [6, 6.07) is 0. The van der Waals surface area contributed by atoms with Crippen molar-refractivity contribution in [2.45, 2.75) is 19.4 Å². The van der Waals surface area contributed by atoms with Crippen molar-refractivity contribution < 1.29 is 22.0 Å². The second-order valence-electron chi connectivity index (χ2n) is 3.84. The molecule has 2 nitrogen and oxygen atoms in total. The number of likely N-dealkylation sites (N-methyl/N-ethyl adjacent to an activating group) is 1. The molecule has 0 saturated carbocycles. The lowest BCUT2D eigenvalue weighted by Crippen LogP contribution is -3.00. The van der Waals surface area contributed by atoms with E-state index >= 15 is 0 Å². The van der Waals surface area contributed by atoms with Crippen LogP contribution in [-0.2, 0) is 0 Å². The molecule has 0 aromatic rings. The highest BCUT2D eigenvalue weighted by atomic mass is 35.5. The van der Waals surface area contributed by atoms with Crippen molar-refractivity contribution >= 4 is 0 Å². The van der Waals surface area contributed by atoms with Gasteiger partial charge in [-0.1, -0.05) is 0 Å². The third-order valence-electron chi connectivity index (χ3n) is 2.53. The third-order valence-corrected chi connectivity index (χ3v) is 2.53. The molecule has 0 aromatic heterocycles. The predicted molar refractivity (Wildman–Crippen MR) is 47.0 cm³/mol. The maximum absolute atomic E-state index is 8.78. The van der Waals surface area contributed by atoms with Crippen molar-refractivity contribution in [1.82, 2.24) is 0 Å². The normalized spacial score (nSPS) is 11.7. The molecule has 0 aliphatic carbocycles. The van der Waals surface area contributed by atoms with E-state index in [1.807, 2.05) is 27.9 Å². The highest BCUT2D eigenvalue weighted by Gasteiger charge is 2.33. The summed E-state index contributed by atoms with van der Waals surface area (Å²) in [6.45, 7) is 4.88. The van der Waals surface area contributed by atoms with Gasteiger partial charge in [-0.25, -0.2) is 0 Å². The first kappa shape index (κ1) is 14.3. The molecule has 0 fully saturated rings. The van der Waals surface area contributed by atoms with Crippen LogP contribution in [0.1, 0.15) is 13.8 Å². The number of aliphatic hydroxyl groups excluding tert-OH is 1. The molecule has 0 aliphatic rings. The zero-order chi connectivity index (χ0) is 9.12. The van der Waals surface area contributed by atoms with Crippen LogP contribution in [0.5, 0.6) is 0 Å². The van der Waals surface area contributed by atoms with Crippen LogP contribution < -0.4 is 12.4 Å². The molecule has 72 valence electrons. The van der Waals surface area contributed by atoms with E-state index in [1.165, 1.54) is 0 Å². The van der Waals surface area contributed by atoms with Crippen LogP contribution in [0.3, 0.4) is 0 Å². The van der Waals surface area contributed by atoms with Gasteiger partial charge < -0.3 is 22.0 Å². The summed E-state index contributed by atoms with van der Waals surface area (Å²) in [4.78, 5) is 0. The molecule has 0 amide bonds. The smallest absolute Gasteiger partial charge is 0.154 e. The van der Waals surface area contributed by atoms with Crippen LogP contribution in [-0.4, -0.2) is 42.4 Å². The summed E-state index contributed by atoms with van der Waals surface area (Å²) in [5.41, 5.74) is -0.206. The first-order chi connectivity index (χ1) is 4.87. The Morgan fingerprint density at radius 2 is 1.83 bits per heavy atom. The van der Waals surface area contributed by atoms with Crippen molar-refractivity contribution in [3.63, 3.8) is 0 Å². The summed E-state index contributed by atoms with van der Waals surface area (Å²) in [6.07, 6.45) is 5.38. The van der Waals surface area contributed by atoms with Crippen molar-refractivity contribution in [2.24, 2.45) is 0 Å². The second kappa shape index (κ2) is 4.71. The Bertz CT molecular complexity index is 170. The number of terminal acetylenes is 1. The average Bonchev–Trinajstić information content (AvgIpc) is 1.87. The fraction of sp³-hybridized carbons (Fsp3) is 0.778. The average molecular weight is 192 g/mol. The van der Waals surface area contributed by atoms with E-state index in [-0.39, 0.29) is 24.6 Å². The van der Waals surface area contributed by atoms with Gasteiger partial charge in [0, 0.05) is 13.8 Å². The first-order valence-corrected chi connectivity index (χ1v) is 3.79. The Hall–Kier alpha value is -0.230. The molecule has 0 saturated heterocycles. The van der Waals surface area contributed by atoms with E-state index in [0.29, 0.717) is 11.0 Å². The first-order valence-electron chi connectivity index (χ1n) is 3.79. The van der Waals surface area contributed by atoms with Crippen molar-refractivity contribution in [3.8, 4) is 12.3 Å². The lowest BCUT2D eigenvalue weighted by atomic mass is 10.0. The predicted octanol–water partition coefficient (Wildman–Crippen LogP) is -2.53. The number of quaternary nitrogens is 1. The van der Waals surface area contributed by atoms with Gasteiger partial charge in [-0.2, -0.15) is 0 Å². The molecule has 0 bridgehead atoms. The fourth-order valence-corrected chi connectivity index (χ4v) is 0.704. The van der Waals surface area contributed by atoms with Crippen molar-refractivity contribution in [3.05, 3.63) is 0 Å². The highest BCUT2D eigenvalue weighted by Crippen LogP contribution is 2.17. The zero-order valence-corrected chi connectivity index (χ0v) is 9.02. The number of hydrogen-bond donors (Lipinski definition) is 1. The van der Waals surface area contributed by atoms with Gasteiger partial charge >= 0.3 is 0 Å². The molecular formula is C9H18ClNO. The summed E-state index contributed by atoms with van der Waals surface area (Å²) in [5, 5.41) is 8.78. The maximum Gasteiger partial charge on any atom is 0.154 e. The molecule has 3 heteroatoms. The van der Waals surface area contributed by atoms with Crippen LogP contribution >= 0.6 is 0 Å². The van der Waals surface area contributed by atoms with E-state index in [2.05, 4.69) is 5.92 Å². The maximum atomic E-state index is 8.78. The molecule has 0 unspecified atom stereocenters. The van der Waals surface area contributed by atoms with E-state index in [4.69, 9.17) is 11.5 Å². The van der Waals surface area contributed by atoms with Gasteiger partial charge in [0.05, 0.1) is 20.7 Å². The van der Waals surface area contributed by atoms with Crippen LogP contribution in [0.15, 0.2) is 0 Å². The second-order valence-corrected chi connectivity index (χ2v) is 3.84. The molecule has 12 heavy (non-hydrogen) atoms. The molecule has 0 heterocycles. The molecule has 0 spiro atoms. The summed E-state index contributed by atoms with van der Waals surface area (Å²) in [5.74, 6) is 2.73. The largest absolute Gasteiger partial charge is 1.00 e. The standard InChI is InChI=1S/C9H18NO.ClH/c1-6-9(2,3)10(4,5)7-8-11;/h1,11H,7-8H2,2-5H3;1H/q+1;/p-1. The summed E-state index contributed by atoms with van der Waals surface area (Å²) < 4.78 is 0.653. The molecule has 0 aliphatic heterocycles. The van der Waals surface area contributed by atoms with Crippen LogP contribution in [0.2, 0.25) is 0 Å². The third kappa shape index (κ3) is 3.02. The Kier molecular flexibility index (Phi) is 5.62. The Morgan fingerprint density at radius 3 is 2.08 bits per heavy atom. The number of halogens is 1. The lowest BCUT2D eigenvalue weighted by Gasteiger charge is -2.40. The van der Waals surface area contributed by atoms with Crippen molar-refractivity contribution in [2.75, 3.05) is 27.2 Å². The molecule has 0 radical (unpaired) electrons. The van der Waals surface area contributed by atoms with Crippen LogP contribution in [0, 0.1) is 12.3 Å². The topological polar surface area (TPSA) is 20.2 Å². The van der Waals surface area contributed by atoms with Gasteiger partial charge in [0.2, 0.25) is 0 Å². The molecule has 0 rings (SSSR count). The van der Waals surface area contributed by atoms with Crippen LogP contribution in [0.4, 0.5) is 0 Å². The Balaban J connectivity index is 0. The van der Waals surface area contributed by atoms with Gasteiger partial charge in [-0.15, -0.1) is 6.42 Å². The molecular weight excluding hydrogens is 174 g/mol. The minimum absolute atomic E-state index is 0. The van der Waals surface area contributed by atoms with E-state index in [0.717, 1.165) is 0 Å². The van der Waals surface area contributed by atoms with E-state index in [1.54, 1.807) is 0 Å². The highest BCUT2D eigenvalue weighted by molar-refractivity contribution is 5.02. The van der Waals surface area contributed by atoms with Gasteiger partial charge in [0.25, 0.3) is 0 Å². The minimum atomic E-state index is -0.206. The number of rotatable bonds is 3. The number of aliphatic hydroxyl groups is 1. The monoisotopic (exact) mass is 191 g/mol. The van der Waals surface area contributed by atoms with Gasteiger partial charge in [-0.05, 0) is 5.92 Å². The molecule has 1 N–H and O–H groups in total. The van der Waals surface area contributed by atoms with E-state index < -0.39 is 0 Å². The zero-order valence-electron chi connectivity index (χ0n) is 8.26. The quantitative estimate of drug-likeness (QED) is 0.386. The minimum Gasteiger partial charge on any atom is -1.00 e. The van der Waals surface area contributed by atoms with Crippen molar-refractivity contribution in [1.29, 1.82) is 0 Å². The van der Waals surface area contributed by atoms with E-state index in [9.17, 15) is 0 Å². The Morgan fingerprint density at radius 1 is 1.42 bits per heavy atom. The van der Waals surface area contributed by atoms with Gasteiger partial charge in [0.1, 0.15) is 6.54 Å². The lowest BCUT2D eigenvalue weighted by molar-refractivity contribution is -0.928. The Labute approximate surface area is 81.6 Å².